The molecule has 118 valence electrons. The van der Waals surface area contributed by atoms with Gasteiger partial charge in [-0.2, -0.15) is 5.10 Å². The summed E-state index contributed by atoms with van der Waals surface area (Å²) in [6.45, 7) is 5.08. The van der Waals surface area contributed by atoms with Crippen molar-refractivity contribution in [1.29, 1.82) is 0 Å². The maximum Gasteiger partial charge on any atom is 0.269 e. The highest BCUT2D eigenvalue weighted by molar-refractivity contribution is 5.75. The van der Waals surface area contributed by atoms with E-state index in [0.717, 1.165) is 17.5 Å². The first kappa shape index (κ1) is 17.2. The van der Waals surface area contributed by atoms with E-state index < -0.39 is 0 Å². The van der Waals surface area contributed by atoms with Crippen LogP contribution in [0, 0.1) is 0 Å². The Labute approximate surface area is 125 Å². The van der Waals surface area contributed by atoms with E-state index in [9.17, 15) is 9.59 Å². The molecule has 7 heteroatoms. The fraction of sp³-hybridized carbons (Fsp3) is 0.643. The van der Waals surface area contributed by atoms with Crippen molar-refractivity contribution in [2.45, 2.75) is 39.3 Å². The molecule has 0 aliphatic carbocycles. The standard InChI is InChI=1S/C14H25N5O2/c1-4-5-11(2)17-13(20)10-19-14(21)8-12(9-16-19)18(3)7-6-15/h8-9,11H,4-7,10,15H2,1-3H3,(H,17,20). The van der Waals surface area contributed by atoms with Crippen LogP contribution in [0.1, 0.15) is 26.7 Å². The maximum absolute atomic E-state index is 12.0. The summed E-state index contributed by atoms with van der Waals surface area (Å²) in [5.41, 5.74) is 5.87. The number of hydrogen-bond acceptors (Lipinski definition) is 5. The first-order valence-electron chi connectivity index (χ1n) is 7.25. The summed E-state index contributed by atoms with van der Waals surface area (Å²) >= 11 is 0. The quantitative estimate of drug-likeness (QED) is 0.701. The second kappa shape index (κ2) is 8.41. The lowest BCUT2D eigenvalue weighted by atomic mass is 10.2. The summed E-state index contributed by atoms with van der Waals surface area (Å²) in [5, 5.41) is 6.88. The maximum atomic E-state index is 12.0. The third kappa shape index (κ3) is 5.55. The molecule has 1 unspecified atom stereocenters. The summed E-state index contributed by atoms with van der Waals surface area (Å²) in [6, 6.07) is 1.57. The van der Waals surface area contributed by atoms with E-state index in [1.165, 1.54) is 6.07 Å². The summed E-state index contributed by atoms with van der Waals surface area (Å²) in [5.74, 6) is -0.200. The van der Waals surface area contributed by atoms with E-state index in [0.29, 0.717) is 18.8 Å². The van der Waals surface area contributed by atoms with Gasteiger partial charge >= 0.3 is 0 Å². The summed E-state index contributed by atoms with van der Waals surface area (Å²) in [4.78, 5) is 25.6. The van der Waals surface area contributed by atoms with E-state index in [-0.39, 0.29) is 24.1 Å². The van der Waals surface area contributed by atoms with Crippen LogP contribution in [0.25, 0.3) is 0 Å². The van der Waals surface area contributed by atoms with Gasteiger partial charge < -0.3 is 16.0 Å². The van der Waals surface area contributed by atoms with Gasteiger partial charge in [0.05, 0.1) is 11.9 Å². The molecule has 1 aromatic rings. The molecule has 0 aliphatic heterocycles. The van der Waals surface area contributed by atoms with Crippen LogP contribution in [0.2, 0.25) is 0 Å². The highest BCUT2D eigenvalue weighted by Gasteiger charge is 2.10. The predicted molar refractivity (Wildman–Crippen MR) is 83.3 cm³/mol. The lowest BCUT2D eigenvalue weighted by Crippen LogP contribution is -2.38. The molecule has 0 spiro atoms. The van der Waals surface area contributed by atoms with E-state index in [2.05, 4.69) is 17.3 Å². The van der Waals surface area contributed by atoms with Crippen LogP contribution in [0.3, 0.4) is 0 Å². The number of nitrogens with two attached hydrogens (primary N) is 1. The van der Waals surface area contributed by atoms with Crippen LogP contribution in [0.5, 0.6) is 0 Å². The number of hydrogen-bond donors (Lipinski definition) is 2. The lowest BCUT2D eigenvalue weighted by molar-refractivity contribution is -0.122. The van der Waals surface area contributed by atoms with Crippen LogP contribution < -0.4 is 21.5 Å². The lowest BCUT2D eigenvalue weighted by Gasteiger charge is -2.18. The monoisotopic (exact) mass is 295 g/mol. The van der Waals surface area contributed by atoms with Gasteiger partial charge in [0.1, 0.15) is 6.54 Å². The fourth-order valence-electron chi connectivity index (χ4n) is 2.04. The van der Waals surface area contributed by atoms with E-state index in [1.807, 2.05) is 18.9 Å². The first-order chi connectivity index (χ1) is 9.97. The smallest absolute Gasteiger partial charge is 0.269 e. The minimum atomic E-state index is -0.297. The average molecular weight is 295 g/mol. The SMILES string of the molecule is CCCC(C)NC(=O)Cn1ncc(N(C)CCN)cc1=O. The highest BCUT2D eigenvalue weighted by atomic mass is 16.2. The Kier molecular flexibility index (Phi) is 6.87. The van der Waals surface area contributed by atoms with Crippen molar-refractivity contribution in [2.24, 2.45) is 5.73 Å². The summed E-state index contributed by atoms with van der Waals surface area (Å²) < 4.78 is 1.16. The zero-order valence-electron chi connectivity index (χ0n) is 13.0. The minimum absolute atomic E-state index is 0.0617. The number of aromatic nitrogens is 2. The molecule has 1 amide bonds. The van der Waals surface area contributed by atoms with Crippen molar-refractivity contribution >= 4 is 11.6 Å². The third-order valence-corrected chi connectivity index (χ3v) is 3.18. The number of likely N-dealkylation sites (N-methyl/N-ethyl adjacent to an activating group) is 1. The zero-order valence-corrected chi connectivity index (χ0v) is 13.0. The molecular formula is C14H25N5O2. The first-order valence-corrected chi connectivity index (χ1v) is 7.25. The molecule has 0 saturated heterocycles. The molecule has 0 bridgehead atoms. The van der Waals surface area contributed by atoms with E-state index in [4.69, 9.17) is 5.73 Å². The second-order valence-corrected chi connectivity index (χ2v) is 5.18. The largest absolute Gasteiger partial charge is 0.372 e. The number of carbonyl (C=O) groups excluding carboxylic acids is 1. The van der Waals surface area contributed by atoms with Gasteiger partial charge in [-0.3, -0.25) is 9.59 Å². The molecule has 0 aliphatic rings. The summed E-state index contributed by atoms with van der Waals surface area (Å²) in [6.07, 6.45) is 3.48. The van der Waals surface area contributed by atoms with Gasteiger partial charge in [0.15, 0.2) is 0 Å². The van der Waals surface area contributed by atoms with Gasteiger partial charge in [-0.25, -0.2) is 4.68 Å². The Morgan fingerprint density at radius 1 is 1.57 bits per heavy atom. The molecule has 0 fully saturated rings. The number of anilines is 1. The van der Waals surface area contributed by atoms with E-state index in [1.54, 1.807) is 6.20 Å². The van der Waals surface area contributed by atoms with Gasteiger partial charge in [0, 0.05) is 32.2 Å². The number of carbonyl (C=O) groups is 1. The van der Waals surface area contributed by atoms with Crippen LogP contribution in [0.15, 0.2) is 17.1 Å². The van der Waals surface area contributed by atoms with Gasteiger partial charge in [-0.05, 0) is 13.3 Å². The van der Waals surface area contributed by atoms with Gasteiger partial charge in [-0.15, -0.1) is 0 Å². The molecule has 3 N–H and O–H groups in total. The summed E-state index contributed by atoms with van der Waals surface area (Å²) in [7, 11) is 1.84. The normalized spacial score (nSPS) is 12.0. The molecule has 1 heterocycles. The number of nitrogens with zero attached hydrogens (tertiary/aromatic N) is 3. The van der Waals surface area contributed by atoms with E-state index >= 15 is 0 Å². The third-order valence-electron chi connectivity index (χ3n) is 3.18. The fourth-order valence-corrected chi connectivity index (χ4v) is 2.04. The van der Waals surface area contributed by atoms with Gasteiger partial charge in [0.25, 0.3) is 5.56 Å². The Morgan fingerprint density at radius 3 is 2.86 bits per heavy atom. The van der Waals surface area contributed by atoms with Crippen molar-refractivity contribution in [3.8, 4) is 0 Å². The van der Waals surface area contributed by atoms with Crippen molar-refractivity contribution in [3.63, 3.8) is 0 Å². The Balaban J connectivity index is 2.68. The zero-order chi connectivity index (χ0) is 15.8. The molecule has 21 heavy (non-hydrogen) atoms. The number of nitrogens with one attached hydrogen (secondary N) is 1. The van der Waals surface area contributed by atoms with Crippen LogP contribution in [-0.2, 0) is 11.3 Å². The molecule has 1 rings (SSSR count). The van der Waals surface area contributed by atoms with Crippen LogP contribution in [0.4, 0.5) is 5.69 Å². The van der Waals surface area contributed by atoms with Crippen molar-refractivity contribution in [1.82, 2.24) is 15.1 Å². The van der Waals surface area contributed by atoms with Gasteiger partial charge in [0.2, 0.25) is 5.91 Å². The van der Waals surface area contributed by atoms with Gasteiger partial charge in [-0.1, -0.05) is 13.3 Å². The minimum Gasteiger partial charge on any atom is -0.372 e. The number of amides is 1. The molecule has 0 radical (unpaired) electrons. The second-order valence-electron chi connectivity index (χ2n) is 5.18. The Morgan fingerprint density at radius 2 is 2.29 bits per heavy atom. The van der Waals surface area contributed by atoms with Crippen LogP contribution in [-0.4, -0.2) is 41.9 Å². The van der Waals surface area contributed by atoms with Crippen LogP contribution >= 0.6 is 0 Å². The number of rotatable bonds is 8. The van der Waals surface area contributed by atoms with Crippen molar-refractivity contribution < 1.29 is 4.79 Å². The molecule has 7 nitrogen and oxygen atoms in total. The van der Waals surface area contributed by atoms with Crippen molar-refractivity contribution in [2.75, 3.05) is 25.0 Å². The average Bonchev–Trinajstić information content (AvgIpc) is 2.41. The highest BCUT2D eigenvalue weighted by Crippen LogP contribution is 2.05. The molecular weight excluding hydrogens is 270 g/mol. The molecule has 1 atom stereocenters. The Hall–Kier alpha value is -1.89. The molecule has 1 aromatic heterocycles. The predicted octanol–water partition coefficient (Wildman–Crippen LogP) is -0.0570. The molecule has 0 saturated carbocycles. The Bertz CT molecular complexity index is 514. The topological polar surface area (TPSA) is 93.2 Å². The molecule has 0 aromatic carbocycles. The van der Waals surface area contributed by atoms with Crippen molar-refractivity contribution in [3.05, 3.63) is 22.6 Å².